The van der Waals surface area contributed by atoms with Crippen molar-refractivity contribution in [3.63, 3.8) is 0 Å². The van der Waals surface area contributed by atoms with Gasteiger partial charge in [-0.1, -0.05) is 25.1 Å². The number of esters is 1. The van der Waals surface area contributed by atoms with E-state index in [0.717, 1.165) is 0 Å². The first-order valence-corrected chi connectivity index (χ1v) is 8.03. The van der Waals surface area contributed by atoms with Gasteiger partial charge in [-0.2, -0.15) is 0 Å². The Balaban J connectivity index is 2.20. The van der Waals surface area contributed by atoms with E-state index in [1.165, 1.54) is 6.20 Å². The van der Waals surface area contributed by atoms with E-state index in [1.807, 2.05) is 6.07 Å². The third kappa shape index (κ3) is 4.53. The number of hydrogen-bond acceptors (Lipinski definition) is 5. The van der Waals surface area contributed by atoms with Gasteiger partial charge in [0.05, 0.1) is 24.1 Å². The molecule has 2 amide bonds. The average Bonchev–Trinajstić information content (AvgIpc) is 2.58. The van der Waals surface area contributed by atoms with Crippen LogP contribution in [0.25, 0.3) is 10.9 Å². The zero-order valence-corrected chi connectivity index (χ0v) is 14.2. The van der Waals surface area contributed by atoms with Crippen molar-refractivity contribution in [1.82, 2.24) is 10.3 Å². The molecule has 0 aliphatic heterocycles. The smallest absolute Gasteiger partial charge is 0.306 e. The Labute approximate surface area is 145 Å². The van der Waals surface area contributed by atoms with Crippen LogP contribution in [0, 0.1) is 5.92 Å². The number of amides is 2. The maximum absolute atomic E-state index is 12.6. The second kappa shape index (κ2) is 8.23. The van der Waals surface area contributed by atoms with E-state index in [2.05, 4.69) is 10.3 Å². The number of aromatic nitrogens is 1. The summed E-state index contributed by atoms with van der Waals surface area (Å²) in [4.78, 5) is 40.2. The number of benzene rings is 1. The van der Waals surface area contributed by atoms with E-state index < -0.39 is 29.7 Å². The highest BCUT2D eigenvalue weighted by atomic mass is 16.5. The molecule has 0 saturated heterocycles. The van der Waals surface area contributed by atoms with Crippen LogP contribution in [0.2, 0.25) is 0 Å². The molecule has 7 heteroatoms. The van der Waals surface area contributed by atoms with Gasteiger partial charge in [0, 0.05) is 11.6 Å². The summed E-state index contributed by atoms with van der Waals surface area (Å²) in [7, 11) is 0. The van der Waals surface area contributed by atoms with Gasteiger partial charge in [-0.05, 0) is 25.0 Å². The van der Waals surface area contributed by atoms with Gasteiger partial charge in [0.25, 0.3) is 5.91 Å². The number of pyridine rings is 1. The Bertz CT molecular complexity index is 785. The number of ether oxygens (including phenoxy) is 1. The normalized spacial score (nSPS) is 13.0. The quantitative estimate of drug-likeness (QED) is 0.738. The average molecular weight is 343 g/mol. The van der Waals surface area contributed by atoms with E-state index in [4.69, 9.17) is 10.5 Å². The van der Waals surface area contributed by atoms with E-state index in [9.17, 15) is 14.4 Å². The number of para-hydroxylation sites is 1. The van der Waals surface area contributed by atoms with Crippen molar-refractivity contribution >= 4 is 28.7 Å². The standard InChI is InChI=1S/C18H21N3O4/c1-3-25-15(22)10-11(2)16(17(19)23)21-18(24)13-8-9-20-14-7-5-4-6-12(13)14/h4-9,11,16H,3,10H2,1-2H3,(H2,19,23)(H,21,24)/t11-,16+/m1/s1. The molecule has 0 saturated carbocycles. The van der Waals surface area contributed by atoms with Gasteiger partial charge in [-0.15, -0.1) is 0 Å². The molecule has 1 aromatic carbocycles. The van der Waals surface area contributed by atoms with Crippen LogP contribution in [0.4, 0.5) is 0 Å². The molecular formula is C18H21N3O4. The fraction of sp³-hybridized carbons (Fsp3) is 0.333. The highest BCUT2D eigenvalue weighted by Gasteiger charge is 2.28. The number of nitrogens with one attached hydrogen (secondary N) is 1. The lowest BCUT2D eigenvalue weighted by Crippen LogP contribution is -2.49. The Morgan fingerprint density at radius 2 is 1.96 bits per heavy atom. The minimum absolute atomic E-state index is 0.0151. The fourth-order valence-corrected chi connectivity index (χ4v) is 2.61. The van der Waals surface area contributed by atoms with Crippen molar-refractivity contribution in [3.05, 3.63) is 42.1 Å². The van der Waals surface area contributed by atoms with Crippen molar-refractivity contribution in [1.29, 1.82) is 0 Å². The Kier molecular flexibility index (Phi) is 6.05. The van der Waals surface area contributed by atoms with Crippen LogP contribution in [0.15, 0.2) is 36.5 Å². The summed E-state index contributed by atoms with van der Waals surface area (Å²) >= 11 is 0. The number of hydrogen-bond donors (Lipinski definition) is 2. The number of nitrogens with zero attached hydrogens (tertiary/aromatic N) is 1. The number of nitrogens with two attached hydrogens (primary N) is 1. The lowest BCUT2D eigenvalue weighted by Gasteiger charge is -2.22. The molecule has 1 aromatic heterocycles. The summed E-state index contributed by atoms with van der Waals surface area (Å²) in [6.07, 6.45) is 1.51. The third-order valence-corrected chi connectivity index (χ3v) is 3.85. The minimum Gasteiger partial charge on any atom is -0.466 e. The van der Waals surface area contributed by atoms with Crippen molar-refractivity contribution in [3.8, 4) is 0 Å². The zero-order chi connectivity index (χ0) is 18.4. The highest BCUT2D eigenvalue weighted by molar-refractivity contribution is 6.07. The number of carbonyl (C=O) groups is 3. The maximum Gasteiger partial charge on any atom is 0.306 e. The van der Waals surface area contributed by atoms with E-state index >= 15 is 0 Å². The largest absolute Gasteiger partial charge is 0.466 e. The molecule has 0 fully saturated rings. The monoisotopic (exact) mass is 343 g/mol. The van der Waals surface area contributed by atoms with Gasteiger partial charge in [-0.25, -0.2) is 0 Å². The molecule has 25 heavy (non-hydrogen) atoms. The minimum atomic E-state index is -0.983. The first-order chi connectivity index (χ1) is 11.9. The summed E-state index contributed by atoms with van der Waals surface area (Å²) in [5, 5.41) is 3.29. The lowest BCUT2D eigenvalue weighted by molar-refractivity contribution is -0.144. The van der Waals surface area contributed by atoms with Crippen molar-refractivity contribution in [2.24, 2.45) is 11.7 Å². The number of carbonyl (C=O) groups excluding carboxylic acids is 3. The van der Waals surface area contributed by atoms with Crippen LogP contribution in [-0.4, -0.2) is 35.4 Å². The molecule has 1 heterocycles. The molecule has 2 atom stereocenters. The number of rotatable bonds is 7. The van der Waals surface area contributed by atoms with Crippen LogP contribution in [-0.2, 0) is 14.3 Å². The van der Waals surface area contributed by atoms with E-state index in [1.54, 1.807) is 38.1 Å². The van der Waals surface area contributed by atoms with Crippen LogP contribution < -0.4 is 11.1 Å². The molecule has 3 N–H and O–H groups in total. The second-order valence-corrected chi connectivity index (χ2v) is 5.72. The summed E-state index contributed by atoms with van der Waals surface area (Å²) in [5.74, 6) is -2.08. The topological polar surface area (TPSA) is 111 Å². The summed E-state index contributed by atoms with van der Waals surface area (Å²) in [5.41, 5.74) is 6.47. The van der Waals surface area contributed by atoms with Gasteiger partial charge in [0.2, 0.25) is 5.91 Å². The predicted octanol–water partition coefficient (Wildman–Crippen LogP) is 1.41. The molecule has 0 unspecified atom stereocenters. The first kappa shape index (κ1) is 18.4. The first-order valence-electron chi connectivity index (χ1n) is 8.03. The molecular weight excluding hydrogens is 322 g/mol. The van der Waals surface area contributed by atoms with Crippen molar-refractivity contribution in [2.75, 3.05) is 6.61 Å². The number of primary amides is 1. The molecule has 7 nitrogen and oxygen atoms in total. The highest BCUT2D eigenvalue weighted by Crippen LogP contribution is 2.17. The second-order valence-electron chi connectivity index (χ2n) is 5.72. The van der Waals surface area contributed by atoms with Gasteiger partial charge in [0.1, 0.15) is 6.04 Å². The predicted molar refractivity (Wildman–Crippen MR) is 92.6 cm³/mol. The van der Waals surface area contributed by atoms with Crippen molar-refractivity contribution in [2.45, 2.75) is 26.3 Å². The molecule has 132 valence electrons. The van der Waals surface area contributed by atoms with Gasteiger partial charge < -0.3 is 15.8 Å². The van der Waals surface area contributed by atoms with E-state index in [0.29, 0.717) is 16.5 Å². The molecule has 2 aromatic rings. The van der Waals surface area contributed by atoms with Crippen LogP contribution in [0.3, 0.4) is 0 Å². The van der Waals surface area contributed by atoms with Crippen molar-refractivity contribution < 1.29 is 19.1 Å². The molecule has 0 aliphatic rings. The molecule has 0 spiro atoms. The molecule has 2 rings (SSSR count). The van der Waals surface area contributed by atoms with Gasteiger partial charge >= 0.3 is 5.97 Å². The lowest BCUT2D eigenvalue weighted by atomic mass is 9.97. The van der Waals surface area contributed by atoms with Crippen LogP contribution in [0.5, 0.6) is 0 Å². The summed E-state index contributed by atoms with van der Waals surface area (Å²) in [6, 6.07) is 7.79. The third-order valence-electron chi connectivity index (χ3n) is 3.85. The number of fused-ring (bicyclic) bond motifs is 1. The van der Waals surface area contributed by atoms with E-state index in [-0.39, 0.29) is 13.0 Å². The fourth-order valence-electron chi connectivity index (χ4n) is 2.61. The van der Waals surface area contributed by atoms with Gasteiger partial charge in [0.15, 0.2) is 0 Å². The Hall–Kier alpha value is -2.96. The van der Waals surface area contributed by atoms with Crippen LogP contribution >= 0.6 is 0 Å². The SMILES string of the molecule is CCOC(=O)C[C@@H](C)[C@H](NC(=O)c1ccnc2ccccc12)C(N)=O. The summed E-state index contributed by atoms with van der Waals surface area (Å²) < 4.78 is 4.88. The Morgan fingerprint density at radius 1 is 1.24 bits per heavy atom. The van der Waals surface area contributed by atoms with Crippen LogP contribution in [0.1, 0.15) is 30.6 Å². The molecule has 0 bridgehead atoms. The van der Waals surface area contributed by atoms with Gasteiger partial charge in [-0.3, -0.25) is 19.4 Å². The Morgan fingerprint density at radius 3 is 2.64 bits per heavy atom. The zero-order valence-electron chi connectivity index (χ0n) is 14.2. The molecule has 0 aliphatic carbocycles. The summed E-state index contributed by atoms with van der Waals surface area (Å²) in [6.45, 7) is 3.61. The maximum atomic E-state index is 12.6. The molecule has 0 radical (unpaired) electrons.